The number of aliphatic hydroxyl groups excluding tert-OH is 1. The molecule has 0 aliphatic heterocycles. The lowest BCUT2D eigenvalue weighted by Crippen LogP contribution is -2.26. The Kier molecular flexibility index (Phi) is 4.50. The molecule has 2 aromatic rings. The van der Waals surface area contributed by atoms with Gasteiger partial charge in [-0.3, -0.25) is 9.36 Å². The number of hydrogen-bond acceptors (Lipinski definition) is 9. The molecule has 0 radical (unpaired) electrons. The number of imidazole rings is 1. The normalized spacial score (nSPS) is 12.5. The molecule has 114 valence electrons. The third-order valence-electron chi connectivity index (χ3n) is 2.59. The maximum absolute atomic E-state index is 10.7. The molecular weight excluding hydrogens is 282 g/mol. The average Bonchev–Trinajstić information content (AvgIpc) is 2.82. The van der Waals surface area contributed by atoms with Crippen LogP contribution in [0.1, 0.15) is 6.92 Å². The minimum atomic E-state index is -0.681. The number of fused-ring (bicyclic) bond motifs is 1. The van der Waals surface area contributed by atoms with Crippen LogP contribution < -0.4 is 5.73 Å². The van der Waals surface area contributed by atoms with Crippen LogP contribution in [0.2, 0.25) is 0 Å². The molecule has 0 saturated carbocycles. The van der Waals surface area contributed by atoms with Gasteiger partial charge in [0.2, 0.25) is 11.8 Å². The van der Waals surface area contributed by atoms with E-state index in [1.807, 2.05) is 0 Å². The minimum absolute atomic E-state index is 0.0150. The highest BCUT2D eigenvalue weighted by atomic mass is 16.6. The number of aromatic hydroxyl groups is 1. The van der Waals surface area contributed by atoms with E-state index in [0.29, 0.717) is 5.65 Å². The molecule has 0 saturated heterocycles. The topological polar surface area (TPSA) is 146 Å². The standard InChI is InChI=1S/C11H15N5O5/c1-6(18)20-3-7(2-17)21-5-16-4-13-8-9(16)14-11(12)15-10(8)19/h4,7,17H,2-3,5H2,1H3,(H3,12,14,15,19). The van der Waals surface area contributed by atoms with Crippen molar-refractivity contribution in [2.45, 2.75) is 19.8 Å². The summed E-state index contributed by atoms with van der Waals surface area (Å²) in [4.78, 5) is 22.2. The Balaban J connectivity index is 2.07. The number of nitrogens with two attached hydrogens (primary N) is 1. The van der Waals surface area contributed by atoms with Gasteiger partial charge in [0.05, 0.1) is 12.9 Å². The Hall–Kier alpha value is -2.46. The number of aromatic nitrogens is 4. The van der Waals surface area contributed by atoms with E-state index in [9.17, 15) is 9.90 Å². The minimum Gasteiger partial charge on any atom is -0.492 e. The predicted molar refractivity (Wildman–Crippen MR) is 70.0 cm³/mol. The van der Waals surface area contributed by atoms with Crippen molar-refractivity contribution in [3.8, 4) is 5.88 Å². The van der Waals surface area contributed by atoms with Crippen LogP contribution in [0.3, 0.4) is 0 Å². The first-order chi connectivity index (χ1) is 10.0. The summed E-state index contributed by atoms with van der Waals surface area (Å²) in [7, 11) is 0. The van der Waals surface area contributed by atoms with E-state index >= 15 is 0 Å². The van der Waals surface area contributed by atoms with Crippen LogP contribution in [0.5, 0.6) is 5.88 Å². The lowest BCUT2D eigenvalue weighted by Gasteiger charge is -2.15. The van der Waals surface area contributed by atoms with E-state index in [0.717, 1.165) is 0 Å². The van der Waals surface area contributed by atoms with Crippen LogP contribution >= 0.6 is 0 Å². The molecule has 0 aliphatic rings. The monoisotopic (exact) mass is 297 g/mol. The van der Waals surface area contributed by atoms with Gasteiger partial charge in [-0.05, 0) is 0 Å². The Morgan fingerprint density at radius 3 is 2.95 bits per heavy atom. The van der Waals surface area contributed by atoms with E-state index in [-0.39, 0.29) is 37.3 Å². The van der Waals surface area contributed by atoms with Gasteiger partial charge in [0.1, 0.15) is 19.4 Å². The van der Waals surface area contributed by atoms with E-state index in [1.54, 1.807) is 0 Å². The van der Waals surface area contributed by atoms with Crippen molar-refractivity contribution in [3.63, 3.8) is 0 Å². The van der Waals surface area contributed by atoms with Crippen molar-refractivity contribution in [2.24, 2.45) is 0 Å². The van der Waals surface area contributed by atoms with Gasteiger partial charge in [-0.2, -0.15) is 9.97 Å². The zero-order valence-electron chi connectivity index (χ0n) is 11.3. The Morgan fingerprint density at radius 2 is 2.29 bits per heavy atom. The SMILES string of the molecule is CC(=O)OCC(CO)OCn1cnc2c(O)nc(N)nc21. The fraction of sp³-hybridized carbons (Fsp3) is 0.455. The summed E-state index contributed by atoms with van der Waals surface area (Å²) in [6, 6.07) is 0. The van der Waals surface area contributed by atoms with Crippen LogP contribution in [-0.2, 0) is 21.0 Å². The molecule has 2 heterocycles. The molecular formula is C11H15N5O5. The van der Waals surface area contributed by atoms with Crippen LogP contribution in [0, 0.1) is 0 Å². The van der Waals surface area contributed by atoms with Crippen molar-refractivity contribution in [2.75, 3.05) is 18.9 Å². The lowest BCUT2D eigenvalue weighted by molar-refractivity contribution is -0.147. The lowest BCUT2D eigenvalue weighted by atomic mass is 10.4. The number of nitrogen functional groups attached to an aromatic ring is 1. The zero-order chi connectivity index (χ0) is 15.4. The van der Waals surface area contributed by atoms with Gasteiger partial charge in [0, 0.05) is 6.92 Å². The maximum Gasteiger partial charge on any atom is 0.302 e. The van der Waals surface area contributed by atoms with Crippen molar-refractivity contribution < 1.29 is 24.5 Å². The molecule has 1 atom stereocenters. The first-order valence-corrected chi connectivity index (χ1v) is 6.04. The van der Waals surface area contributed by atoms with Gasteiger partial charge in [-0.25, -0.2) is 4.98 Å². The second-order valence-corrected chi connectivity index (χ2v) is 4.19. The number of esters is 1. The molecule has 21 heavy (non-hydrogen) atoms. The van der Waals surface area contributed by atoms with E-state index in [2.05, 4.69) is 15.0 Å². The Labute approximate surface area is 119 Å². The first kappa shape index (κ1) is 14.9. The van der Waals surface area contributed by atoms with Gasteiger partial charge in [0.15, 0.2) is 11.2 Å². The largest absolute Gasteiger partial charge is 0.492 e. The van der Waals surface area contributed by atoms with Crippen molar-refractivity contribution in [1.82, 2.24) is 19.5 Å². The summed E-state index contributed by atoms with van der Waals surface area (Å²) < 4.78 is 11.6. The second-order valence-electron chi connectivity index (χ2n) is 4.19. The number of carbonyl (C=O) groups excluding carboxylic acids is 1. The Morgan fingerprint density at radius 1 is 1.52 bits per heavy atom. The van der Waals surface area contributed by atoms with Crippen molar-refractivity contribution in [1.29, 1.82) is 0 Å². The van der Waals surface area contributed by atoms with Gasteiger partial charge in [-0.15, -0.1) is 0 Å². The summed E-state index contributed by atoms with van der Waals surface area (Å²) in [6.07, 6.45) is 0.706. The summed E-state index contributed by atoms with van der Waals surface area (Å²) in [5.74, 6) is -0.884. The van der Waals surface area contributed by atoms with Gasteiger partial charge in [-0.1, -0.05) is 0 Å². The van der Waals surface area contributed by atoms with E-state index in [4.69, 9.17) is 20.3 Å². The fourth-order valence-electron chi connectivity index (χ4n) is 1.59. The molecule has 0 aromatic carbocycles. The Bertz CT molecular complexity index is 643. The predicted octanol–water partition coefficient (Wildman–Crippen LogP) is -0.988. The van der Waals surface area contributed by atoms with Crippen LogP contribution in [0.25, 0.3) is 11.2 Å². The molecule has 2 rings (SSSR count). The van der Waals surface area contributed by atoms with Gasteiger partial charge >= 0.3 is 5.97 Å². The molecule has 0 aliphatic carbocycles. The van der Waals surface area contributed by atoms with Gasteiger partial charge < -0.3 is 25.4 Å². The molecule has 0 bridgehead atoms. The molecule has 2 aromatic heterocycles. The third kappa shape index (κ3) is 3.55. The number of rotatable bonds is 6. The smallest absolute Gasteiger partial charge is 0.302 e. The highest BCUT2D eigenvalue weighted by Gasteiger charge is 2.14. The third-order valence-corrected chi connectivity index (χ3v) is 2.59. The van der Waals surface area contributed by atoms with Gasteiger partial charge in [0.25, 0.3) is 0 Å². The van der Waals surface area contributed by atoms with Crippen molar-refractivity contribution >= 4 is 23.1 Å². The molecule has 0 spiro atoms. The van der Waals surface area contributed by atoms with Crippen LogP contribution in [0.15, 0.2) is 6.33 Å². The number of carbonyl (C=O) groups is 1. The average molecular weight is 297 g/mol. The number of ether oxygens (including phenoxy) is 2. The molecule has 4 N–H and O–H groups in total. The molecule has 0 fully saturated rings. The molecule has 10 heteroatoms. The highest BCUT2D eigenvalue weighted by molar-refractivity contribution is 5.76. The second kappa shape index (κ2) is 6.33. The van der Waals surface area contributed by atoms with E-state index < -0.39 is 12.1 Å². The number of nitrogens with zero attached hydrogens (tertiary/aromatic N) is 4. The highest BCUT2D eigenvalue weighted by Crippen LogP contribution is 2.20. The summed E-state index contributed by atoms with van der Waals surface area (Å²) >= 11 is 0. The summed E-state index contributed by atoms with van der Waals surface area (Å²) in [5.41, 5.74) is 5.94. The van der Waals surface area contributed by atoms with E-state index in [1.165, 1.54) is 17.8 Å². The molecule has 0 amide bonds. The zero-order valence-corrected chi connectivity index (χ0v) is 11.3. The van der Waals surface area contributed by atoms with Crippen molar-refractivity contribution in [3.05, 3.63) is 6.33 Å². The maximum atomic E-state index is 10.7. The summed E-state index contributed by atoms with van der Waals surface area (Å²) in [6.45, 7) is 0.863. The summed E-state index contributed by atoms with van der Waals surface area (Å²) in [5, 5.41) is 18.7. The number of hydrogen-bond donors (Lipinski definition) is 3. The number of aliphatic hydroxyl groups is 1. The quantitative estimate of drug-likeness (QED) is 0.572. The molecule has 1 unspecified atom stereocenters. The number of anilines is 1. The molecule has 10 nitrogen and oxygen atoms in total. The van der Waals surface area contributed by atoms with Crippen LogP contribution in [-0.4, -0.2) is 55.0 Å². The van der Waals surface area contributed by atoms with Crippen LogP contribution in [0.4, 0.5) is 5.95 Å². The fourth-order valence-corrected chi connectivity index (χ4v) is 1.59. The first-order valence-electron chi connectivity index (χ1n) is 6.04.